The quantitative estimate of drug-likeness (QED) is 0.552. The molecular formula is C23H22FNO4. The maximum atomic E-state index is 13.2. The van der Waals surface area contributed by atoms with Crippen molar-refractivity contribution >= 4 is 18.0 Å². The number of nitrogens with zero attached hydrogens (tertiary/aromatic N) is 1. The molecule has 0 atom stereocenters. The highest BCUT2D eigenvalue weighted by Crippen LogP contribution is 2.31. The largest absolute Gasteiger partial charge is 0.497 e. The second kappa shape index (κ2) is 8.73. The van der Waals surface area contributed by atoms with Gasteiger partial charge in [0.05, 0.1) is 25.4 Å². The summed E-state index contributed by atoms with van der Waals surface area (Å²) in [6.07, 6.45) is 2.20. The third kappa shape index (κ3) is 4.37. The van der Waals surface area contributed by atoms with Crippen LogP contribution < -0.4 is 4.74 Å². The van der Waals surface area contributed by atoms with Crippen molar-refractivity contribution in [3.05, 3.63) is 82.3 Å². The molecule has 1 amide bonds. The van der Waals surface area contributed by atoms with E-state index >= 15 is 0 Å². The van der Waals surface area contributed by atoms with Crippen molar-refractivity contribution in [2.75, 3.05) is 20.8 Å². The summed E-state index contributed by atoms with van der Waals surface area (Å²) in [5, 5.41) is 0. The molecule has 150 valence electrons. The number of amides is 1. The molecule has 1 aliphatic rings. The molecule has 0 radical (unpaired) electrons. The lowest BCUT2D eigenvalue weighted by molar-refractivity contribution is -0.136. The van der Waals surface area contributed by atoms with Gasteiger partial charge in [-0.3, -0.25) is 4.79 Å². The Morgan fingerprint density at radius 1 is 1.07 bits per heavy atom. The molecule has 0 aromatic heterocycles. The number of methoxy groups -OCH3 is 2. The predicted octanol–water partition coefficient (Wildman–Crippen LogP) is 3.75. The molecule has 0 saturated heterocycles. The van der Waals surface area contributed by atoms with E-state index in [1.165, 1.54) is 19.2 Å². The van der Waals surface area contributed by atoms with E-state index in [2.05, 4.69) is 0 Å². The second-order valence-corrected chi connectivity index (χ2v) is 6.62. The summed E-state index contributed by atoms with van der Waals surface area (Å²) < 4.78 is 23.2. The highest BCUT2D eigenvalue weighted by Gasteiger charge is 2.36. The van der Waals surface area contributed by atoms with E-state index in [9.17, 15) is 14.0 Å². The van der Waals surface area contributed by atoms with Crippen LogP contribution in [-0.4, -0.2) is 37.5 Å². The predicted molar refractivity (Wildman–Crippen MR) is 108 cm³/mol. The Morgan fingerprint density at radius 2 is 1.72 bits per heavy atom. The fourth-order valence-corrected chi connectivity index (χ4v) is 3.26. The number of benzene rings is 2. The molecule has 0 N–H and O–H groups in total. The van der Waals surface area contributed by atoms with Crippen LogP contribution in [0.4, 0.5) is 4.39 Å². The van der Waals surface area contributed by atoms with Crippen LogP contribution in [-0.2, 0) is 20.7 Å². The fraction of sp³-hybridized carbons (Fsp3) is 0.217. The summed E-state index contributed by atoms with van der Waals surface area (Å²) in [5.41, 5.74) is 2.69. The molecule has 0 unspecified atom stereocenters. The summed E-state index contributed by atoms with van der Waals surface area (Å²) in [4.78, 5) is 27.0. The number of carbonyl (C=O) groups excluding carboxylic acids is 2. The van der Waals surface area contributed by atoms with E-state index < -0.39 is 5.97 Å². The second-order valence-electron chi connectivity index (χ2n) is 6.62. The van der Waals surface area contributed by atoms with E-state index in [4.69, 9.17) is 9.47 Å². The summed E-state index contributed by atoms with van der Waals surface area (Å²) in [6, 6.07) is 13.3. The van der Waals surface area contributed by atoms with E-state index in [-0.39, 0.29) is 22.9 Å². The molecule has 2 aromatic carbocycles. The van der Waals surface area contributed by atoms with Gasteiger partial charge >= 0.3 is 5.97 Å². The Hall–Kier alpha value is -3.41. The Balaban J connectivity index is 1.87. The number of ether oxygens (including phenoxy) is 2. The first-order valence-electron chi connectivity index (χ1n) is 9.16. The Bertz CT molecular complexity index is 975. The Morgan fingerprint density at radius 3 is 2.31 bits per heavy atom. The molecule has 0 aliphatic carbocycles. The van der Waals surface area contributed by atoms with Gasteiger partial charge in [-0.15, -0.1) is 0 Å². The molecule has 0 saturated carbocycles. The molecule has 2 aromatic rings. The van der Waals surface area contributed by atoms with Gasteiger partial charge in [-0.2, -0.15) is 0 Å². The van der Waals surface area contributed by atoms with Gasteiger partial charge < -0.3 is 14.4 Å². The Labute approximate surface area is 169 Å². The van der Waals surface area contributed by atoms with Gasteiger partial charge in [0.2, 0.25) is 0 Å². The zero-order valence-corrected chi connectivity index (χ0v) is 16.6. The fourth-order valence-electron chi connectivity index (χ4n) is 3.26. The van der Waals surface area contributed by atoms with Crippen molar-refractivity contribution in [2.24, 2.45) is 0 Å². The number of rotatable bonds is 6. The normalized spacial score (nSPS) is 15.2. The smallest absolute Gasteiger partial charge is 0.340 e. The molecule has 0 fully saturated rings. The van der Waals surface area contributed by atoms with Crippen LogP contribution >= 0.6 is 0 Å². The minimum absolute atomic E-state index is 0.233. The average molecular weight is 395 g/mol. The lowest BCUT2D eigenvalue weighted by atomic mass is 10.0. The topological polar surface area (TPSA) is 55.8 Å². The van der Waals surface area contributed by atoms with Gasteiger partial charge in [0, 0.05) is 12.2 Å². The van der Waals surface area contributed by atoms with E-state index in [1.54, 1.807) is 37.1 Å². The molecule has 6 heteroatoms. The number of halogens is 1. The van der Waals surface area contributed by atoms with Gasteiger partial charge in [0.15, 0.2) is 0 Å². The zero-order valence-electron chi connectivity index (χ0n) is 16.6. The summed E-state index contributed by atoms with van der Waals surface area (Å²) in [5.74, 6) is -0.456. The molecule has 1 heterocycles. The maximum Gasteiger partial charge on any atom is 0.340 e. The van der Waals surface area contributed by atoms with Crippen molar-refractivity contribution in [2.45, 2.75) is 13.3 Å². The summed E-state index contributed by atoms with van der Waals surface area (Å²) in [6.45, 7) is 2.14. The first-order chi connectivity index (χ1) is 13.9. The summed E-state index contributed by atoms with van der Waals surface area (Å²) >= 11 is 0. The lowest BCUT2D eigenvalue weighted by Crippen LogP contribution is -2.27. The number of allylic oxidation sites excluding steroid dienone is 1. The van der Waals surface area contributed by atoms with E-state index in [1.807, 2.05) is 24.3 Å². The van der Waals surface area contributed by atoms with Crippen molar-refractivity contribution in [3.63, 3.8) is 0 Å². The molecule has 0 spiro atoms. The average Bonchev–Trinajstić information content (AvgIpc) is 2.97. The highest BCUT2D eigenvalue weighted by atomic mass is 19.1. The number of hydrogen-bond acceptors (Lipinski definition) is 4. The third-order valence-corrected chi connectivity index (χ3v) is 4.87. The number of esters is 1. The van der Waals surface area contributed by atoms with E-state index in [0.29, 0.717) is 24.2 Å². The maximum absolute atomic E-state index is 13.2. The third-order valence-electron chi connectivity index (χ3n) is 4.87. The number of carbonyl (C=O) groups is 2. The van der Waals surface area contributed by atoms with Crippen LogP contribution in [0.5, 0.6) is 5.75 Å². The van der Waals surface area contributed by atoms with Gasteiger partial charge in [-0.1, -0.05) is 24.3 Å². The van der Waals surface area contributed by atoms with Gasteiger partial charge in [0.1, 0.15) is 11.6 Å². The van der Waals surface area contributed by atoms with Crippen molar-refractivity contribution in [1.29, 1.82) is 0 Å². The molecule has 3 rings (SSSR count). The zero-order chi connectivity index (χ0) is 21.0. The van der Waals surface area contributed by atoms with E-state index in [0.717, 1.165) is 11.3 Å². The standard InChI is InChI=1S/C23H22FNO4/c1-15-21(23(27)29-3)20(14-17-4-8-18(24)9-5-17)22(26)25(15)13-12-16-6-10-19(28-2)11-7-16/h4-11,14H,12-13H2,1-3H3/b20-14-. The van der Waals surface area contributed by atoms with Crippen LogP contribution in [0, 0.1) is 5.82 Å². The molecule has 29 heavy (non-hydrogen) atoms. The molecular weight excluding hydrogens is 373 g/mol. The molecule has 0 bridgehead atoms. The van der Waals surface area contributed by atoms with Gasteiger partial charge in [-0.05, 0) is 54.8 Å². The highest BCUT2D eigenvalue weighted by molar-refractivity contribution is 6.16. The van der Waals surface area contributed by atoms with Crippen LogP contribution in [0.1, 0.15) is 18.1 Å². The number of hydrogen-bond donors (Lipinski definition) is 0. The van der Waals surface area contributed by atoms with Crippen LogP contribution in [0.25, 0.3) is 6.08 Å². The monoisotopic (exact) mass is 395 g/mol. The summed E-state index contributed by atoms with van der Waals surface area (Å²) in [7, 11) is 2.89. The van der Waals surface area contributed by atoms with Crippen molar-refractivity contribution < 1.29 is 23.5 Å². The van der Waals surface area contributed by atoms with Crippen LogP contribution in [0.15, 0.2) is 65.4 Å². The van der Waals surface area contributed by atoms with Crippen LogP contribution in [0.2, 0.25) is 0 Å². The first-order valence-corrected chi connectivity index (χ1v) is 9.16. The van der Waals surface area contributed by atoms with Gasteiger partial charge in [0.25, 0.3) is 5.91 Å². The van der Waals surface area contributed by atoms with Crippen molar-refractivity contribution in [1.82, 2.24) is 4.90 Å². The lowest BCUT2D eigenvalue weighted by Gasteiger charge is -2.18. The minimum Gasteiger partial charge on any atom is -0.497 e. The minimum atomic E-state index is -0.573. The van der Waals surface area contributed by atoms with Crippen molar-refractivity contribution in [3.8, 4) is 5.75 Å². The first kappa shape index (κ1) is 20.3. The Kier molecular flexibility index (Phi) is 6.12. The molecule has 5 nitrogen and oxygen atoms in total. The SMILES string of the molecule is COC(=O)C1=C(C)N(CCc2ccc(OC)cc2)C(=O)/C1=C\c1ccc(F)cc1. The molecule has 1 aliphatic heterocycles. The van der Waals surface area contributed by atoms with Crippen LogP contribution in [0.3, 0.4) is 0 Å². The van der Waals surface area contributed by atoms with Gasteiger partial charge in [-0.25, -0.2) is 9.18 Å².